The molecule has 1 atom stereocenters. The van der Waals surface area contributed by atoms with Gasteiger partial charge in [0.1, 0.15) is 0 Å². The number of carbonyl (C=O) groups is 1. The molecule has 2 heterocycles. The molecule has 1 aromatic heterocycles. The molecule has 2 aromatic rings. The number of hydrogen-bond donors (Lipinski definition) is 0. The van der Waals surface area contributed by atoms with Crippen LogP contribution in [0.1, 0.15) is 35.8 Å². The third-order valence-corrected chi connectivity index (χ3v) is 4.27. The van der Waals surface area contributed by atoms with Crippen LogP contribution in [0.2, 0.25) is 0 Å². The summed E-state index contributed by atoms with van der Waals surface area (Å²) in [6, 6.07) is 2.95. The second-order valence-corrected chi connectivity index (χ2v) is 5.71. The molecule has 7 nitrogen and oxygen atoms in total. The topological polar surface area (TPSA) is 87.3 Å². The van der Waals surface area contributed by atoms with Crippen molar-refractivity contribution in [3.8, 4) is 0 Å². The van der Waals surface area contributed by atoms with Gasteiger partial charge in [-0.3, -0.25) is 14.9 Å². The van der Waals surface area contributed by atoms with Crippen LogP contribution in [0.4, 0.5) is 5.69 Å². The predicted octanol–water partition coefficient (Wildman–Crippen LogP) is 3.22. The van der Waals surface area contributed by atoms with Crippen LogP contribution >= 0.6 is 15.9 Å². The molecule has 0 aliphatic carbocycles. The Labute approximate surface area is 134 Å². The first-order valence-electron chi connectivity index (χ1n) is 6.98. The fraction of sp³-hybridized carbons (Fsp3) is 0.429. The van der Waals surface area contributed by atoms with Gasteiger partial charge < -0.3 is 4.74 Å². The van der Waals surface area contributed by atoms with Crippen LogP contribution in [0.5, 0.6) is 0 Å². The van der Waals surface area contributed by atoms with Gasteiger partial charge in [0.05, 0.1) is 27.4 Å². The molecule has 3 rings (SSSR count). The minimum absolute atomic E-state index is 0.108. The number of fused-ring (bicyclic) bond motifs is 1. The molecule has 22 heavy (non-hydrogen) atoms. The number of non-ortho nitro benzene ring substituents is 1. The van der Waals surface area contributed by atoms with Gasteiger partial charge in [-0.1, -0.05) is 15.9 Å². The van der Waals surface area contributed by atoms with E-state index in [2.05, 4.69) is 21.0 Å². The van der Waals surface area contributed by atoms with Crippen LogP contribution in [0, 0.1) is 10.1 Å². The van der Waals surface area contributed by atoms with E-state index in [1.54, 1.807) is 10.7 Å². The van der Waals surface area contributed by atoms with Crippen LogP contribution in [0.15, 0.2) is 18.3 Å². The summed E-state index contributed by atoms with van der Waals surface area (Å²) < 4.78 is 7.34. The predicted molar refractivity (Wildman–Crippen MR) is 83.4 cm³/mol. The molecule has 1 saturated heterocycles. The number of Topliss-reactive ketones (excluding diaryl/α,β-unsaturated/α-hetero) is 1. The lowest BCUT2D eigenvalue weighted by molar-refractivity contribution is -0.383. The van der Waals surface area contributed by atoms with E-state index in [0.29, 0.717) is 23.1 Å². The number of carbonyl (C=O) groups excluding carboxylic acids is 1. The lowest BCUT2D eigenvalue weighted by atomic mass is 10.1. The summed E-state index contributed by atoms with van der Waals surface area (Å²) in [6.07, 6.45) is 4.06. The molecule has 1 unspecified atom stereocenters. The molecule has 0 amide bonds. The number of rotatable bonds is 4. The van der Waals surface area contributed by atoms with E-state index in [1.807, 2.05) is 0 Å². The molecule has 1 fully saturated rings. The quantitative estimate of drug-likeness (QED) is 0.358. The van der Waals surface area contributed by atoms with Crippen LogP contribution in [0.25, 0.3) is 10.9 Å². The van der Waals surface area contributed by atoms with Gasteiger partial charge in [-0.15, -0.1) is 0 Å². The van der Waals surface area contributed by atoms with Crippen molar-refractivity contribution in [2.45, 2.75) is 25.5 Å². The zero-order valence-electron chi connectivity index (χ0n) is 11.7. The van der Waals surface area contributed by atoms with Crippen LogP contribution in [-0.4, -0.2) is 32.4 Å². The van der Waals surface area contributed by atoms with Gasteiger partial charge in [-0.25, -0.2) is 4.68 Å². The number of hydrogen-bond acceptors (Lipinski definition) is 5. The minimum atomic E-state index is -0.485. The largest absolute Gasteiger partial charge is 0.356 e. The highest BCUT2D eigenvalue weighted by atomic mass is 79.9. The average molecular weight is 368 g/mol. The molecule has 0 radical (unpaired) electrons. The third-order valence-electron chi connectivity index (χ3n) is 3.76. The van der Waals surface area contributed by atoms with Crippen molar-refractivity contribution in [3.05, 3.63) is 34.0 Å². The van der Waals surface area contributed by atoms with E-state index >= 15 is 0 Å². The molecule has 8 heteroatoms. The number of halogens is 1. The van der Waals surface area contributed by atoms with E-state index < -0.39 is 4.92 Å². The minimum Gasteiger partial charge on any atom is -0.356 e. The Morgan fingerprint density at radius 1 is 1.50 bits per heavy atom. The standard InChI is InChI=1S/C14H14BrN3O4/c15-7-13(19)9-5-11-10(12(6-9)18(20)21)8-16-17(11)14-3-1-2-4-22-14/h5-6,8,14H,1-4,7H2. The Bertz CT molecular complexity index is 737. The zero-order chi connectivity index (χ0) is 15.7. The number of nitro benzene ring substituents is 1. The molecule has 1 aliphatic heterocycles. The zero-order valence-corrected chi connectivity index (χ0v) is 13.3. The van der Waals surface area contributed by atoms with Crippen molar-refractivity contribution in [2.75, 3.05) is 11.9 Å². The first-order chi connectivity index (χ1) is 10.6. The normalized spacial score (nSPS) is 18.5. The van der Waals surface area contributed by atoms with Gasteiger partial charge in [-0.2, -0.15) is 5.10 Å². The summed E-state index contributed by atoms with van der Waals surface area (Å²) in [5.74, 6) is -0.206. The molecule has 0 N–H and O–H groups in total. The van der Waals surface area contributed by atoms with E-state index in [4.69, 9.17) is 4.74 Å². The van der Waals surface area contributed by atoms with Crippen molar-refractivity contribution in [1.29, 1.82) is 0 Å². The average Bonchev–Trinajstić information content (AvgIpc) is 2.97. The maximum atomic E-state index is 11.9. The van der Waals surface area contributed by atoms with E-state index in [-0.39, 0.29) is 23.0 Å². The van der Waals surface area contributed by atoms with Crippen molar-refractivity contribution in [1.82, 2.24) is 9.78 Å². The number of alkyl halides is 1. The van der Waals surface area contributed by atoms with E-state index in [0.717, 1.165) is 19.3 Å². The Morgan fingerprint density at radius 2 is 2.32 bits per heavy atom. The fourth-order valence-electron chi connectivity index (χ4n) is 2.66. The van der Waals surface area contributed by atoms with Crippen molar-refractivity contribution in [2.24, 2.45) is 0 Å². The Hall–Kier alpha value is -1.80. The van der Waals surface area contributed by atoms with Crippen LogP contribution in [-0.2, 0) is 4.74 Å². The van der Waals surface area contributed by atoms with Gasteiger partial charge in [0.25, 0.3) is 5.69 Å². The second-order valence-electron chi connectivity index (χ2n) is 5.15. The lowest BCUT2D eigenvalue weighted by Crippen LogP contribution is -2.19. The number of aromatic nitrogens is 2. The first kappa shape index (κ1) is 15.1. The molecule has 1 aromatic carbocycles. The van der Waals surface area contributed by atoms with Gasteiger partial charge in [0.15, 0.2) is 12.0 Å². The lowest BCUT2D eigenvalue weighted by Gasteiger charge is -2.23. The molecule has 0 bridgehead atoms. The molecule has 0 saturated carbocycles. The van der Waals surface area contributed by atoms with Crippen LogP contribution in [0.3, 0.4) is 0 Å². The smallest absolute Gasteiger partial charge is 0.281 e. The number of nitro groups is 1. The SMILES string of the molecule is O=C(CBr)c1cc([N+](=O)[O-])c2cnn(C3CCCCO3)c2c1. The van der Waals surface area contributed by atoms with E-state index in [9.17, 15) is 14.9 Å². The molecule has 0 spiro atoms. The Kier molecular flexibility index (Phi) is 4.21. The number of ketones is 1. The summed E-state index contributed by atoms with van der Waals surface area (Å²) in [5, 5.41) is 16.1. The second kappa shape index (κ2) is 6.13. The summed E-state index contributed by atoms with van der Waals surface area (Å²) in [4.78, 5) is 22.7. The van der Waals surface area contributed by atoms with Crippen molar-refractivity contribution < 1.29 is 14.5 Å². The highest BCUT2D eigenvalue weighted by molar-refractivity contribution is 9.09. The monoisotopic (exact) mass is 367 g/mol. The Morgan fingerprint density at radius 3 is 2.95 bits per heavy atom. The summed E-state index contributed by atoms with van der Waals surface area (Å²) in [7, 11) is 0. The maximum Gasteiger partial charge on any atom is 0.281 e. The van der Waals surface area contributed by atoms with E-state index in [1.165, 1.54) is 12.3 Å². The summed E-state index contributed by atoms with van der Waals surface area (Å²) in [5.41, 5.74) is 0.753. The Balaban J connectivity index is 2.17. The molecular weight excluding hydrogens is 354 g/mol. The number of benzene rings is 1. The van der Waals surface area contributed by atoms with Gasteiger partial charge in [0, 0.05) is 18.2 Å². The summed E-state index contributed by atoms with van der Waals surface area (Å²) >= 11 is 3.10. The number of ether oxygens (including phenoxy) is 1. The molecule has 116 valence electrons. The highest BCUT2D eigenvalue weighted by Crippen LogP contribution is 2.32. The molecule has 1 aliphatic rings. The van der Waals surface area contributed by atoms with Gasteiger partial charge in [-0.05, 0) is 25.3 Å². The van der Waals surface area contributed by atoms with Gasteiger partial charge in [0.2, 0.25) is 0 Å². The highest BCUT2D eigenvalue weighted by Gasteiger charge is 2.24. The van der Waals surface area contributed by atoms with Crippen LogP contribution < -0.4 is 0 Å². The van der Waals surface area contributed by atoms with Crippen molar-refractivity contribution >= 4 is 38.3 Å². The van der Waals surface area contributed by atoms with Gasteiger partial charge >= 0.3 is 0 Å². The maximum absolute atomic E-state index is 11.9. The molecular formula is C14H14BrN3O4. The number of nitrogens with zero attached hydrogens (tertiary/aromatic N) is 3. The first-order valence-corrected chi connectivity index (χ1v) is 8.10. The summed E-state index contributed by atoms with van der Waals surface area (Å²) in [6.45, 7) is 0.647. The van der Waals surface area contributed by atoms with Crippen molar-refractivity contribution in [3.63, 3.8) is 0 Å². The fourth-order valence-corrected chi connectivity index (χ4v) is 2.99. The third kappa shape index (κ3) is 2.64.